The van der Waals surface area contributed by atoms with E-state index in [1.165, 1.54) is 0 Å². The van der Waals surface area contributed by atoms with Gasteiger partial charge in [-0.2, -0.15) is 0 Å². The summed E-state index contributed by atoms with van der Waals surface area (Å²) in [5.74, 6) is -0.143. The van der Waals surface area contributed by atoms with Gasteiger partial charge in [-0.25, -0.2) is 4.39 Å². The van der Waals surface area contributed by atoms with Gasteiger partial charge in [-0.15, -0.1) is 0 Å². The van der Waals surface area contributed by atoms with Crippen molar-refractivity contribution in [1.29, 1.82) is 0 Å². The number of aliphatic hydroxyl groups excluding tert-OH is 1. The van der Waals surface area contributed by atoms with E-state index in [1.54, 1.807) is 13.0 Å². The van der Waals surface area contributed by atoms with E-state index in [1.807, 2.05) is 19.2 Å². The summed E-state index contributed by atoms with van der Waals surface area (Å²) in [6.07, 6.45) is 1.73. The second-order valence-electron chi connectivity index (χ2n) is 5.15. The van der Waals surface area contributed by atoms with Crippen LogP contribution >= 0.6 is 0 Å². The number of benzene rings is 1. The zero-order valence-electron chi connectivity index (χ0n) is 12.8. The first-order valence-electron chi connectivity index (χ1n) is 7.38. The first kappa shape index (κ1) is 17.1. The van der Waals surface area contributed by atoms with Crippen molar-refractivity contribution in [3.63, 3.8) is 0 Å². The summed E-state index contributed by atoms with van der Waals surface area (Å²) in [7, 11) is 1.91. The predicted molar refractivity (Wildman–Crippen MR) is 81.4 cm³/mol. The van der Waals surface area contributed by atoms with Crippen molar-refractivity contribution in [2.45, 2.75) is 32.7 Å². The Hall–Kier alpha value is -0.970. The van der Waals surface area contributed by atoms with E-state index >= 15 is 0 Å². The van der Waals surface area contributed by atoms with Gasteiger partial charge in [-0.1, -0.05) is 19.1 Å². The Labute approximate surface area is 121 Å². The van der Waals surface area contributed by atoms with E-state index in [9.17, 15) is 4.39 Å². The Kier molecular flexibility index (Phi) is 7.73. The van der Waals surface area contributed by atoms with Gasteiger partial charge in [0.15, 0.2) is 0 Å². The lowest BCUT2D eigenvalue weighted by atomic mass is 10.0. The van der Waals surface area contributed by atoms with Gasteiger partial charge in [0.1, 0.15) is 5.82 Å². The summed E-state index contributed by atoms with van der Waals surface area (Å²) in [4.78, 5) is 2.31. The lowest BCUT2D eigenvalue weighted by Crippen LogP contribution is -2.29. The summed E-state index contributed by atoms with van der Waals surface area (Å²) in [5, 5.41) is 12.1. The normalized spacial score (nSPS) is 12.9. The highest BCUT2D eigenvalue weighted by atomic mass is 19.1. The van der Waals surface area contributed by atoms with Crippen LogP contribution in [0.15, 0.2) is 18.2 Å². The van der Waals surface area contributed by atoms with Crippen molar-refractivity contribution in [3.05, 3.63) is 35.1 Å². The molecule has 0 aliphatic carbocycles. The number of halogens is 1. The van der Waals surface area contributed by atoms with E-state index in [2.05, 4.69) is 17.1 Å². The van der Waals surface area contributed by atoms with Crippen molar-refractivity contribution >= 4 is 0 Å². The van der Waals surface area contributed by atoms with Gasteiger partial charge >= 0.3 is 0 Å². The second-order valence-corrected chi connectivity index (χ2v) is 5.15. The molecule has 20 heavy (non-hydrogen) atoms. The molecule has 1 unspecified atom stereocenters. The van der Waals surface area contributed by atoms with Crippen LogP contribution in [0.3, 0.4) is 0 Å². The largest absolute Gasteiger partial charge is 0.396 e. The molecule has 0 saturated carbocycles. The molecule has 114 valence electrons. The number of rotatable bonds is 9. The van der Waals surface area contributed by atoms with Crippen LogP contribution < -0.4 is 5.32 Å². The smallest absolute Gasteiger partial charge is 0.126 e. The molecule has 0 aromatic heterocycles. The number of aryl methyl sites for hydroxylation is 1. The fourth-order valence-corrected chi connectivity index (χ4v) is 2.34. The summed E-state index contributed by atoms with van der Waals surface area (Å²) in [6.45, 7) is 6.95. The Balaban J connectivity index is 2.59. The Morgan fingerprint density at radius 2 is 2.10 bits per heavy atom. The van der Waals surface area contributed by atoms with Gasteiger partial charge in [0.25, 0.3) is 0 Å². The van der Waals surface area contributed by atoms with Crippen LogP contribution in [0.5, 0.6) is 0 Å². The van der Waals surface area contributed by atoms with Crippen LogP contribution in [-0.4, -0.2) is 43.3 Å². The second kappa shape index (κ2) is 9.06. The minimum absolute atomic E-state index is 0.143. The number of nitrogens with one attached hydrogen (secondary N) is 1. The van der Waals surface area contributed by atoms with Crippen LogP contribution in [0, 0.1) is 12.7 Å². The molecule has 0 bridgehead atoms. The van der Waals surface area contributed by atoms with Gasteiger partial charge in [-0.05, 0) is 57.1 Å². The third-order valence-electron chi connectivity index (χ3n) is 3.76. The van der Waals surface area contributed by atoms with E-state index in [4.69, 9.17) is 5.11 Å². The first-order chi connectivity index (χ1) is 9.62. The molecule has 0 heterocycles. The highest BCUT2D eigenvalue weighted by Crippen LogP contribution is 2.19. The third-order valence-corrected chi connectivity index (χ3v) is 3.76. The van der Waals surface area contributed by atoms with Gasteiger partial charge in [0.2, 0.25) is 0 Å². The van der Waals surface area contributed by atoms with Crippen molar-refractivity contribution in [2.24, 2.45) is 0 Å². The van der Waals surface area contributed by atoms with Crippen molar-refractivity contribution in [2.75, 3.05) is 33.3 Å². The molecule has 0 amide bonds. The molecule has 3 nitrogen and oxygen atoms in total. The SMILES string of the molecule is CCN(CCCO)CCC(NC)c1ccc(C)c(F)c1. The fourth-order valence-electron chi connectivity index (χ4n) is 2.34. The molecule has 1 rings (SSSR count). The number of nitrogens with zero attached hydrogens (tertiary/aromatic N) is 1. The standard InChI is InChI=1S/C16H27FN2O/c1-4-19(9-5-11-20)10-8-16(18-3)14-7-6-13(2)15(17)12-14/h6-7,12,16,18,20H,4-5,8-11H2,1-3H3. The maximum atomic E-state index is 13.6. The maximum Gasteiger partial charge on any atom is 0.126 e. The lowest BCUT2D eigenvalue weighted by molar-refractivity contribution is 0.223. The monoisotopic (exact) mass is 282 g/mol. The maximum absolute atomic E-state index is 13.6. The quantitative estimate of drug-likeness (QED) is 0.730. The molecular weight excluding hydrogens is 255 g/mol. The van der Waals surface area contributed by atoms with E-state index in [0.29, 0.717) is 5.56 Å². The molecular formula is C16H27FN2O. The molecule has 0 saturated heterocycles. The highest BCUT2D eigenvalue weighted by Gasteiger charge is 2.12. The highest BCUT2D eigenvalue weighted by molar-refractivity contribution is 5.25. The average molecular weight is 282 g/mol. The van der Waals surface area contributed by atoms with E-state index in [-0.39, 0.29) is 18.5 Å². The predicted octanol–water partition coefficient (Wildman–Crippen LogP) is 2.49. The van der Waals surface area contributed by atoms with Gasteiger partial charge in [-0.3, -0.25) is 0 Å². The van der Waals surface area contributed by atoms with Crippen LogP contribution in [0.2, 0.25) is 0 Å². The molecule has 1 aromatic carbocycles. The summed E-state index contributed by atoms with van der Waals surface area (Å²) in [5.41, 5.74) is 1.68. The minimum Gasteiger partial charge on any atom is -0.396 e. The Morgan fingerprint density at radius 1 is 1.35 bits per heavy atom. The lowest BCUT2D eigenvalue weighted by Gasteiger charge is -2.24. The minimum atomic E-state index is -0.143. The van der Waals surface area contributed by atoms with E-state index in [0.717, 1.165) is 38.0 Å². The Morgan fingerprint density at radius 3 is 2.65 bits per heavy atom. The van der Waals surface area contributed by atoms with E-state index < -0.39 is 0 Å². The first-order valence-corrected chi connectivity index (χ1v) is 7.38. The van der Waals surface area contributed by atoms with Crippen molar-refractivity contribution in [3.8, 4) is 0 Å². The fraction of sp³-hybridized carbons (Fsp3) is 0.625. The molecule has 0 aliphatic rings. The average Bonchev–Trinajstić information content (AvgIpc) is 2.46. The van der Waals surface area contributed by atoms with Crippen molar-refractivity contribution < 1.29 is 9.50 Å². The number of aliphatic hydroxyl groups is 1. The molecule has 0 spiro atoms. The summed E-state index contributed by atoms with van der Waals surface area (Å²) >= 11 is 0. The van der Waals surface area contributed by atoms with Gasteiger partial charge in [0.05, 0.1) is 0 Å². The number of hydrogen-bond donors (Lipinski definition) is 2. The molecule has 0 radical (unpaired) electrons. The van der Waals surface area contributed by atoms with Gasteiger partial charge < -0.3 is 15.3 Å². The zero-order chi connectivity index (χ0) is 15.0. The molecule has 1 aromatic rings. The van der Waals surface area contributed by atoms with Crippen molar-refractivity contribution in [1.82, 2.24) is 10.2 Å². The van der Waals surface area contributed by atoms with Gasteiger partial charge in [0, 0.05) is 19.2 Å². The van der Waals surface area contributed by atoms with Crippen LogP contribution in [0.25, 0.3) is 0 Å². The van der Waals surface area contributed by atoms with Crippen LogP contribution in [0.1, 0.15) is 36.9 Å². The van der Waals surface area contributed by atoms with Crippen LogP contribution in [-0.2, 0) is 0 Å². The summed E-state index contributed by atoms with van der Waals surface area (Å²) in [6, 6.07) is 5.61. The molecule has 0 aliphatic heterocycles. The Bertz CT molecular complexity index is 398. The number of hydrogen-bond acceptors (Lipinski definition) is 3. The summed E-state index contributed by atoms with van der Waals surface area (Å²) < 4.78 is 13.6. The molecule has 1 atom stereocenters. The molecule has 0 fully saturated rings. The van der Waals surface area contributed by atoms with Crippen LogP contribution in [0.4, 0.5) is 4.39 Å². The molecule has 2 N–H and O–H groups in total. The third kappa shape index (κ3) is 5.19. The zero-order valence-corrected chi connectivity index (χ0v) is 12.8. The topological polar surface area (TPSA) is 35.5 Å². The molecule has 4 heteroatoms.